The number of aliphatic carboxylic acids is 1. The first-order valence-corrected chi connectivity index (χ1v) is 8.59. The molecule has 1 N–H and O–H groups in total. The molecule has 1 saturated carbocycles. The third kappa shape index (κ3) is 2.19. The van der Waals surface area contributed by atoms with Gasteiger partial charge in [0, 0.05) is 5.92 Å². The summed E-state index contributed by atoms with van der Waals surface area (Å²) in [6, 6.07) is 13.9. The van der Waals surface area contributed by atoms with E-state index in [1.54, 1.807) is 12.1 Å². The lowest BCUT2D eigenvalue weighted by Gasteiger charge is -2.04. The molecule has 0 heterocycles. The number of hydrogen-bond donors (Lipinski definition) is 1. The van der Waals surface area contributed by atoms with Crippen molar-refractivity contribution in [3.63, 3.8) is 0 Å². The minimum atomic E-state index is -4.04. The molecule has 5 nitrogen and oxygen atoms in total. The van der Waals surface area contributed by atoms with Crippen LogP contribution >= 0.6 is 0 Å². The maximum atomic E-state index is 13.1. The number of nitrogens with zero attached hydrogens (tertiary/aromatic N) is 1. The first-order chi connectivity index (χ1) is 11.4. The highest BCUT2D eigenvalue weighted by molar-refractivity contribution is 7.92. The molecule has 1 aliphatic carbocycles. The van der Waals surface area contributed by atoms with Crippen molar-refractivity contribution < 1.29 is 22.7 Å². The monoisotopic (exact) mass is 345 g/mol. The molecule has 1 fully saturated rings. The molecule has 0 unspecified atom stereocenters. The van der Waals surface area contributed by atoms with E-state index in [1.807, 2.05) is 0 Å². The molecule has 3 rings (SSSR count). The van der Waals surface area contributed by atoms with Crippen LogP contribution < -0.4 is 0 Å². The molecule has 2 aromatic carbocycles. The van der Waals surface area contributed by atoms with Crippen LogP contribution in [-0.2, 0) is 14.6 Å². The lowest BCUT2D eigenvalue weighted by Crippen LogP contribution is -2.22. The molecule has 0 amide bonds. The van der Waals surface area contributed by atoms with Crippen LogP contribution in [0.3, 0.4) is 0 Å². The summed E-state index contributed by atoms with van der Waals surface area (Å²) in [5.41, 5.74) is -1.77. The third-order valence-electron chi connectivity index (χ3n) is 4.31. The van der Waals surface area contributed by atoms with E-state index >= 15 is 0 Å². The van der Waals surface area contributed by atoms with Gasteiger partial charge in [-0.15, -0.1) is 0 Å². The van der Waals surface area contributed by atoms with Gasteiger partial charge in [0.05, 0.1) is 11.0 Å². The Morgan fingerprint density at radius 3 is 2.21 bits per heavy atom. The van der Waals surface area contributed by atoms with Gasteiger partial charge in [-0.3, -0.25) is 4.79 Å². The average Bonchev–Trinajstić information content (AvgIpc) is 3.28. The van der Waals surface area contributed by atoms with Crippen molar-refractivity contribution >= 4 is 15.8 Å². The van der Waals surface area contributed by atoms with Gasteiger partial charge >= 0.3 is 5.97 Å². The minimum absolute atomic E-state index is 0.0412. The van der Waals surface area contributed by atoms with Crippen LogP contribution in [0.2, 0.25) is 0 Å². The topological polar surface area (TPSA) is 95.2 Å². The Hall–Kier alpha value is -2.72. The normalized spacial score (nSPS) is 25.7. The molecule has 0 radical (unpaired) electrons. The molecule has 0 saturated heterocycles. The fourth-order valence-electron chi connectivity index (χ4n) is 3.08. The van der Waals surface area contributed by atoms with Gasteiger partial charge in [0.15, 0.2) is 15.3 Å². The third-order valence-corrected chi connectivity index (χ3v) is 6.55. The number of rotatable bonds is 4. The molecule has 2 aromatic rings. The number of halogens is 1. The SMILES string of the molecule is N#C[C@@]1(C(=O)O)[C@H](S(=O)(=O)c2ccccc2)[C@@H]1c1ccc(F)cc1. The quantitative estimate of drug-likeness (QED) is 0.918. The zero-order chi connectivity index (χ0) is 17.5. The molecule has 0 bridgehead atoms. The molecular weight excluding hydrogens is 333 g/mol. The largest absolute Gasteiger partial charge is 0.480 e. The highest BCUT2D eigenvalue weighted by Gasteiger charge is 2.77. The molecule has 3 atom stereocenters. The summed E-state index contributed by atoms with van der Waals surface area (Å²) in [5, 5.41) is 17.5. The fraction of sp³-hybridized carbons (Fsp3) is 0.176. The van der Waals surface area contributed by atoms with Crippen LogP contribution in [0, 0.1) is 22.6 Å². The minimum Gasteiger partial charge on any atom is -0.480 e. The number of carboxylic acids is 1. The number of hydrogen-bond acceptors (Lipinski definition) is 4. The second-order valence-corrected chi connectivity index (χ2v) is 7.66. The van der Waals surface area contributed by atoms with Gasteiger partial charge in [-0.1, -0.05) is 30.3 Å². The Morgan fingerprint density at radius 1 is 1.12 bits per heavy atom. The maximum Gasteiger partial charge on any atom is 0.326 e. The molecule has 0 aromatic heterocycles. The van der Waals surface area contributed by atoms with E-state index in [0.717, 1.165) is 12.1 Å². The smallest absolute Gasteiger partial charge is 0.326 e. The van der Waals surface area contributed by atoms with Crippen LogP contribution in [0.4, 0.5) is 4.39 Å². The lowest BCUT2D eigenvalue weighted by molar-refractivity contribution is -0.141. The summed E-state index contributed by atoms with van der Waals surface area (Å²) >= 11 is 0. The van der Waals surface area contributed by atoms with Crippen molar-refractivity contribution in [1.82, 2.24) is 0 Å². The van der Waals surface area contributed by atoms with Crippen molar-refractivity contribution in [2.45, 2.75) is 16.1 Å². The van der Waals surface area contributed by atoms with E-state index in [0.29, 0.717) is 5.56 Å². The standard InChI is InChI=1S/C17H12FNO4S/c18-12-8-6-11(7-9-12)14-15(17(14,10-19)16(20)21)24(22,23)13-4-2-1-3-5-13/h1-9,14-15H,(H,20,21)/t14-,15+,17-/m0/s1. The van der Waals surface area contributed by atoms with Crippen molar-refractivity contribution in [1.29, 1.82) is 5.26 Å². The van der Waals surface area contributed by atoms with E-state index in [9.17, 15) is 28.0 Å². The zero-order valence-electron chi connectivity index (χ0n) is 12.3. The zero-order valence-corrected chi connectivity index (χ0v) is 13.1. The van der Waals surface area contributed by atoms with Gasteiger partial charge in [0.25, 0.3) is 0 Å². The molecular formula is C17H12FNO4S. The van der Waals surface area contributed by atoms with Crippen LogP contribution in [0.25, 0.3) is 0 Å². The Balaban J connectivity index is 2.13. The first kappa shape index (κ1) is 16.1. The molecule has 122 valence electrons. The number of carbonyl (C=O) groups is 1. The van der Waals surface area contributed by atoms with Gasteiger partial charge in [-0.2, -0.15) is 5.26 Å². The number of nitriles is 1. The summed E-state index contributed by atoms with van der Waals surface area (Å²) in [7, 11) is -4.04. The van der Waals surface area contributed by atoms with Gasteiger partial charge in [0.2, 0.25) is 0 Å². The van der Waals surface area contributed by atoms with Crippen molar-refractivity contribution in [3.05, 3.63) is 66.0 Å². The second kappa shape index (κ2) is 5.42. The van der Waals surface area contributed by atoms with Crippen molar-refractivity contribution in [2.75, 3.05) is 0 Å². The average molecular weight is 345 g/mol. The van der Waals surface area contributed by atoms with E-state index in [4.69, 9.17) is 0 Å². The Labute approximate surface area is 137 Å². The van der Waals surface area contributed by atoms with Crippen LogP contribution in [-0.4, -0.2) is 24.7 Å². The summed E-state index contributed by atoms with van der Waals surface area (Å²) in [6.07, 6.45) is 0. The molecule has 0 aliphatic heterocycles. The second-order valence-electron chi connectivity index (χ2n) is 5.59. The van der Waals surface area contributed by atoms with Gasteiger partial charge in [-0.25, -0.2) is 12.8 Å². The van der Waals surface area contributed by atoms with Gasteiger partial charge in [-0.05, 0) is 29.8 Å². The van der Waals surface area contributed by atoms with E-state index < -0.39 is 38.2 Å². The predicted molar refractivity (Wildman–Crippen MR) is 82.2 cm³/mol. The highest BCUT2D eigenvalue weighted by atomic mass is 32.2. The Bertz CT molecular complexity index is 935. The van der Waals surface area contributed by atoms with E-state index in [1.165, 1.54) is 36.4 Å². The van der Waals surface area contributed by atoms with Crippen LogP contribution in [0.1, 0.15) is 11.5 Å². The number of benzene rings is 2. The Morgan fingerprint density at radius 2 is 1.71 bits per heavy atom. The maximum absolute atomic E-state index is 13.1. The summed E-state index contributed by atoms with van der Waals surface area (Å²) in [5.74, 6) is -3.07. The van der Waals surface area contributed by atoms with Gasteiger partial charge < -0.3 is 5.11 Å². The van der Waals surface area contributed by atoms with E-state index in [2.05, 4.69) is 0 Å². The highest BCUT2D eigenvalue weighted by Crippen LogP contribution is 2.63. The lowest BCUT2D eigenvalue weighted by atomic mass is 10.0. The van der Waals surface area contributed by atoms with E-state index in [-0.39, 0.29) is 4.90 Å². The summed E-state index contributed by atoms with van der Waals surface area (Å²) < 4.78 is 38.8. The molecule has 1 aliphatic rings. The predicted octanol–water partition coefficient (Wildman–Crippen LogP) is 2.36. The Kier molecular flexibility index (Phi) is 3.65. The number of carboxylic acid groups (broad SMARTS) is 1. The first-order valence-electron chi connectivity index (χ1n) is 7.04. The summed E-state index contributed by atoms with van der Waals surface area (Å²) in [4.78, 5) is 11.7. The van der Waals surface area contributed by atoms with Crippen molar-refractivity contribution in [2.24, 2.45) is 5.41 Å². The van der Waals surface area contributed by atoms with Crippen LogP contribution in [0.5, 0.6) is 0 Å². The molecule has 7 heteroatoms. The fourth-order valence-corrected chi connectivity index (χ4v) is 5.35. The van der Waals surface area contributed by atoms with Crippen LogP contribution in [0.15, 0.2) is 59.5 Å². The molecule has 24 heavy (non-hydrogen) atoms. The van der Waals surface area contributed by atoms with Gasteiger partial charge in [0.1, 0.15) is 11.1 Å². The molecule has 0 spiro atoms. The number of sulfone groups is 1. The summed E-state index contributed by atoms with van der Waals surface area (Å²) in [6.45, 7) is 0. The van der Waals surface area contributed by atoms with Crippen molar-refractivity contribution in [3.8, 4) is 6.07 Å².